The second-order valence-electron chi connectivity index (χ2n) is 2.95. The summed E-state index contributed by atoms with van der Waals surface area (Å²) >= 11 is 0. The molecule has 0 bridgehead atoms. The van der Waals surface area contributed by atoms with E-state index in [0.29, 0.717) is 5.92 Å². The van der Waals surface area contributed by atoms with E-state index < -0.39 is 0 Å². The Morgan fingerprint density at radius 3 is 2.23 bits per heavy atom. The van der Waals surface area contributed by atoms with E-state index in [4.69, 9.17) is 0 Å². The SMILES string of the molecule is CC.CCC(C)c1nc(C)n(C)n1. The topological polar surface area (TPSA) is 30.7 Å². The van der Waals surface area contributed by atoms with Gasteiger partial charge >= 0.3 is 0 Å². The molecule has 0 aliphatic heterocycles. The molecule has 13 heavy (non-hydrogen) atoms. The molecule has 0 N–H and O–H groups in total. The van der Waals surface area contributed by atoms with Crippen molar-refractivity contribution in [3.05, 3.63) is 11.6 Å². The highest BCUT2D eigenvalue weighted by atomic mass is 15.3. The summed E-state index contributed by atoms with van der Waals surface area (Å²) in [6.07, 6.45) is 1.10. The monoisotopic (exact) mass is 183 g/mol. The molecule has 1 atom stereocenters. The first-order valence-electron chi connectivity index (χ1n) is 5.02. The molecule has 1 unspecified atom stereocenters. The van der Waals surface area contributed by atoms with Crippen LogP contribution in [0.5, 0.6) is 0 Å². The van der Waals surface area contributed by atoms with Gasteiger partial charge < -0.3 is 0 Å². The minimum Gasteiger partial charge on any atom is -0.253 e. The lowest BCUT2D eigenvalue weighted by molar-refractivity contribution is 0.653. The van der Waals surface area contributed by atoms with Gasteiger partial charge in [-0.3, -0.25) is 4.68 Å². The van der Waals surface area contributed by atoms with Gasteiger partial charge in [-0.15, -0.1) is 0 Å². The van der Waals surface area contributed by atoms with Crippen molar-refractivity contribution in [2.45, 2.75) is 47.0 Å². The molecule has 0 saturated heterocycles. The highest BCUT2D eigenvalue weighted by Gasteiger charge is 2.08. The molecule has 1 aromatic rings. The number of aryl methyl sites for hydroxylation is 2. The minimum absolute atomic E-state index is 0.481. The Morgan fingerprint density at radius 2 is 1.92 bits per heavy atom. The van der Waals surface area contributed by atoms with Gasteiger partial charge in [0.25, 0.3) is 0 Å². The Balaban J connectivity index is 0.000000671. The summed E-state index contributed by atoms with van der Waals surface area (Å²) in [5, 5.41) is 4.29. The van der Waals surface area contributed by atoms with Crippen molar-refractivity contribution in [2.24, 2.45) is 7.05 Å². The fraction of sp³-hybridized carbons (Fsp3) is 0.800. The van der Waals surface area contributed by atoms with E-state index in [1.54, 1.807) is 0 Å². The maximum absolute atomic E-state index is 4.33. The van der Waals surface area contributed by atoms with Crippen molar-refractivity contribution in [1.29, 1.82) is 0 Å². The quantitative estimate of drug-likeness (QED) is 0.705. The molecule has 0 aromatic carbocycles. The van der Waals surface area contributed by atoms with Gasteiger partial charge in [0.15, 0.2) is 5.82 Å². The van der Waals surface area contributed by atoms with Crippen LogP contribution in [0.4, 0.5) is 0 Å². The van der Waals surface area contributed by atoms with Crippen LogP contribution in [0.15, 0.2) is 0 Å². The molecule has 3 heteroatoms. The number of nitrogens with zero attached hydrogens (tertiary/aromatic N) is 3. The lowest BCUT2D eigenvalue weighted by atomic mass is 10.1. The van der Waals surface area contributed by atoms with E-state index in [1.165, 1.54) is 0 Å². The van der Waals surface area contributed by atoms with E-state index in [1.807, 2.05) is 32.5 Å². The van der Waals surface area contributed by atoms with Crippen LogP contribution in [0, 0.1) is 6.92 Å². The van der Waals surface area contributed by atoms with Crippen LogP contribution in [0.2, 0.25) is 0 Å². The fourth-order valence-electron chi connectivity index (χ4n) is 0.878. The first kappa shape index (κ1) is 12.1. The zero-order valence-corrected chi connectivity index (χ0v) is 9.63. The number of hydrogen-bond acceptors (Lipinski definition) is 2. The van der Waals surface area contributed by atoms with Gasteiger partial charge in [0.1, 0.15) is 5.82 Å². The third kappa shape index (κ3) is 3.17. The Hall–Kier alpha value is -0.860. The molecular weight excluding hydrogens is 162 g/mol. The molecule has 0 amide bonds. The van der Waals surface area contributed by atoms with Gasteiger partial charge in [-0.1, -0.05) is 27.7 Å². The molecule has 0 aliphatic carbocycles. The molecule has 3 nitrogen and oxygen atoms in total. The second kappa shape index (κ2) is 5.73. The van der Waals surface area contributed by atoms with Gasteiger partial charge in [0, 0.05) is 13.0 Å². The zero-order valence-electron chi connectivity index (χ0n) is 9.63. The van der Waals surface area contributed by atoms with Gasteiger partial charge in [0.2, 0.25) is 0 Å². The van der Waals surface area contributed by atoms with Crippen molar-refractivity contribution >= 4 is 0 Å². The summed E-state index contributed by atoms with van der Waals surface area (Å²) in [6, 6.07) is 0. The third-order valence-corrected chi connectivity index (χ3v) is 2.05. The van der Waals surface area contributed by atoms with Crippen molar-refractivity contribution < 1.29 is 0 Å². The van der Waals surface area contributed by atoms with Crippen molar-refractivity contribution in [1.82, 2.24) is 14.8 Å². The molecule has 0 saturated carbocycles. The molecule has 0 fully saturated rings. The van der Waals surface area contributed by atoms with Gasteiger partial charge in [-0.2, -0.15) is 5.10 Å². The van der Waals surface area contributed by atoms with E-state index in [-0.39, 0.29) is 0 Å². The molecule has 0 aliphatic rings. The van der Waals surface area contributed by atoms with Crippen molar-refractivity contribution in [3.63, 3.8) is 0 Å². The van der Waals surface area contributed by atoms with Crippen LogP contribution in [-0.4, -0.2) is 14.8 Å². The minimum atomic E-state index is 0.481. The Kier molecular flexibility index (Phi) is 5.35. The average Bonchev–Trinajstić information content (AvgIpc) is 2.49. The van der Waals surface area contributed by atoms with Crippen LogP contribution in [0.25, 0.3) is 0 Å². The average molecular weight is 183 g/mol. The maximum atomic E-state index is 4.33. The molecule has 0 radical (unpaired) electrons. The predicted octanol–water partition coefficient (Wildman–Crippen LogP) is 2.66. The fourth-order valence-corrected chi connectivity index (χ4v) is 0.878. The molecule has 1 aromatic heterocycles. The van der Waals surface area contributed by atoms with Crippen molar-refractivity contribution in [3.8, 4) is 0 Å². The molecule has 1 heterocycles. The number of hydrogen-bond donors (Lipinski definition) is 0. The third-order valence-electron chi connectivity index (χ3n) is 2.05. The van der Waals surface area contributed by atoms with Crippen molar-refractivity contribution in [2.75, 3.05) is 0 Å². The van der Waals surface area contributed by atoms with Crippen LogP contribution in [0.1, 0.15) is 51.7 Å². The summed E-state index contributed by atoms with van der Waals surface area (Å²) in [7, 11) is 1.92. The number of rotatable bonds is 2. The Labute approximate surface area is 81.2 Å². The smallest absolute Gasteiger partial charge is 0.153 e. The summed E-state index contributed by atoms with van der Waals surface area (Å²) < 4.78 is 1.82. The van der Waals surface area contributed by atoms with Crippen LogP contribution < -0.4 is 0 Å². The lowest BCUT2D eigenvalue weighted by Gasteiger charge is -1.99. The van der Waals surface area contributed by atoms with Crippen LogP contribution in [0.3, 0.4) is 0 Å². The van der Waals surface area contributed by atoms with Gasteiger partial charge in [0.05, 0.1) is 0 Å². The standard InChI is InChI=1S/C8H15N3.C2H6/c1-5-6(2)8-9-7(3)11(4)10-8;1-2/h6H,5H2,1-4H3;1-2H3. The second-order valence-corrected chi connectivity index (χ2v) is 2.95. The van der Waals surface area contributed by atoms with Crippen LogP contribution in [-0.2, 0) is 7.05 Å². The molecular formula is C10H21N3. The Morgan fingerprint density at radius 1 is 1.38 bits per heavy atom. The predicted molar refractivity (Wildman–Crippen MR) is 55.8 cm³/mol. The van der Waals surface area contributed by atoms with E-state index in [2.05, 4.69) is 23.9 Å². The lowest BCUT2D eigenvalue weighted by Crippen LogP contribution is -1.96. The van der Waals surface area contributed by atoms with E-state index in [0.717, 1.165) is 18.1 Å². The summed E-state index contributed by atoms with van der Waals surface area (Å²) in [5.74, 6) is 2.43. The zero-order chi connectivity index (χ0) is 10.4. The largest absolute Gasteiger partial charge is 0.253 e. The molecule has 76 valence electrons. The van der Waals surface area contributed by atoms with Gasteiger partial charge in [-0.05, 0) is 13.3 Å². The summed E-state index contributed by atoms with van der Waals surface area (Å²) in [6.45, 7) is 10.3. The maximum Gasteiger partial charge on any atom is 0.153 e. The van der Waals surface area contributed by atoms with Crippen LogP contribution >= 0.6 is 0 Å². The van der Waals surface area contributed by atoms with E-state index in [9.17, 15) is 0 Å². The van der Waals surface area contributed by atoms with E-state index >= 15 is 0 Å². The first-order valence-corrected chi connectivity index (χ1v) is 5.02. The number of aromatic nitrogens is 3. The highest BCUT2D eigenvalue weighted by Crippen LogP contribution is 2.13. The van der Waals surface area contributed by atoms with Gasteiger partial charge in [-0.25, -0.2) is 4.98 Å². The highest BCUT2D eigenvalue weighted by molar-refractivity contribution is 4.95. The first-order chi connectivity index (χ1) is 6.15. The molecule has 1 rings (SSSR count). The Bertz CT molecular complexity index is 221. The summed E-state index contributed by atoms with van der Waals surface area (Å²) in [5.41, 5.74) is 0. The summed E-state index contributed by atoms with van der Waals surface area (Å²) in [4.78, 5) is 4.33. The molecule has 0 spiro atoms. The normalized spacial score (nSPS) is 11.8.